The summed E-state index contributed by atoms with van der Waals surface area (Å²) in [5, 5.41) is 9.65. The van der Waals surface area contributed by atoms with Crippen molar-refractivity contribution in [2.45, 2.75) is 38.3 Å². The molecule has 0 bridgehead atoms. The summed E-state index contributed by atoms with van der Waals surface area (Å²) in [6.07, 6.45) is -0.623. The Hall–Kier alpha value is -2.64. The molecule has 2 aromatic carbocycles. The number of hydrogen-bond acceptors (Lipinski definition) is 5. The van der Waals surface area contributed by atoms with Crippen molar-refractivity contribution < 1.29 is 23.8 Å². The van der Waals surface area contributed by atoms with E-state index in [-0.39, 0.29) is 12.5 Å². The van der Waals surface area contributed by atoms with Gasteiger partial charge in [0.1, 0.15) is 24.3 Å². The monoisotopic (exact) mass is 414 g/mol. The van der Waals surface area contributed by atoms with E-state index in [2.05, 4.69) is 0 Å². The number of anilines is 1. The Morgan fingerprint density at radius 3 is 2.60 bits per heavy atom. The molecule has 2 aliphatic rings. The SMILES string of the molecule is COc1ccc(OCc2ccc(N3CCCC3=O)cc2)cc1CN1C[C@@H](O)[C@H](F)C1. The number of methoxy groups -OCH3 is 1. The second-order valence-electron chi connectivity index (χ2n) is 7.86. The smallest absolute Gasteiger partial charge is 0.227 e. The highest BCUT2D eigenvalue weighted by Crippen LogP contribution is 2.28. The molecule has 160 valence electrons. The first-order chi connectivity index (χ1) is 14.5. The van der Waals surface area contributed by atoms with Crippen molar-refractivity contribution >= 4 is 11.6 Å². The van der Waals surface area contributed by atoms with E-state index in [0.717, 1.165) is 29.8 Å². The number of alkyl halides is 1. The van der Waals surface area contributed by atoms with Gasteiger partial charge < -0.3 is 19.5 Å². The molecule has 2 aromatic rings. The Bertz CT molecular complexity index is 879. The van der Waals surface area contributed by atoms with Gasteiger partial charge in [-0.05, 0) is 42.3 Å². The van der Waals surface area contributed by atoms with Crippen molar-refractivity contribution in [3.63, 3.8) is 0 Å². The Balaban J connectivity index is 1.39. The third kappa shape index (κ3) is 4.57. The van der Waals surface area contributed by atoms with Crippen molar-refractivity contribution in [1.82, 2.24) is 4.90 Å². The Morgan fingerprint density at radius 1 is 1.17 bits per heavy atom. The first kappa shape index (κ1) is 20.6. The summed E-state index contributed by atoms with van der Waals surface area (Å²) < 4.78 is 25.0. The highest BCUT2D eigenvalue weighted by atomic mass is 19.1. The zero-order valence-electron chi connectivity index (χ0n) is 17.1. The third-order valence-electron chi connectivity index (χ3n) is 5.67. The molecule has 0 aliphatic carbocycles. The third-order valence-corrected chi connectivity index (χ3v) is 5.67. The lowest BCUT2D eigenvalue weighted by molar-refractivity contribution is -0.117. The standard InChI is InChI=1S/C23H27FN2O4/c1-29-22-9-8-19(11-17(22)12-25-13-20(24)21(27)14-25)30-15-16-4-6-18(7-5-16)26-10-2-3-23(26)28/h4-9,11,20-21,27H,2-3,10,12-15H2,1H3/t20-,21-/m1/s1. The topological polar surface area (TPSA) is 62.2 Å². The van der Waals surface area contributed by atoms with Gasteiger partial charge in [0.15, 0.2) is 0 Å². The first-order valence-corrected chi connectivity index (χ1v) is 10.3. The van der Waals surface area contributed by atoms with Gasteiger partial charge in [0.25, 0.3) is 0 Å². The van der Waals surface area contributed by atoms with Crippen molar-refractivity contribution in [2.75, 3.05) is 31.6 Å². The number of amides is 1. The minimum atomic E-state index is -1.21. The fraction of sp³-hybridized carbons (Fsp3) is 0.435. The molecule has 0 aromatic heterocycles. The van der Waals surface area contributed by atoms with E-state index in [4.69, 9.17) is 9.47 Å². The number of rotatable bonds is 7. The summed E-state index contributed by atoms with van der Waals surface area (Å²) in [7, 11) is 1.60. The predicted molar refractivity (Wildman–Crippen MR) is 112 cm³/mol. The number of nitrogens with zero attached hydrogens (tertiary/aromatic N) is 2. The minimum Gasteiger partial charge on any atom is -0.496 e. The Kier molecular flexibility index (Phi) is 6.20. The molecular weight excluding hydrogens is 387 g/mol. The van der Waals surface area contributed by atoms with E-state index in [1.54, 1.807) is 7.11 Å². The Morgan fingerprint density at radius 2 is 1.97 bits per heavy atom. The van der Waals surface area contributed by atoms with Gasteiger partial charge in [-0.25, -0.2) is 4.39 Å². The Labute approximate surface area is 175 Å². The van der Waals surface area contributed by atoms with Crippen LogP contribution < -0.4 is 14.4 Å². The number of carbonyl (C=O) groups excluding carboxylic acids is 1. The van der Waals surface area contributed by atoms with Gasteiger partial charge in [0.05, 0.1) is 13.2 Å². The molecule has 30 heavy (non-hydrogen) atoms. The van der Waals surface area contributed by atoms with Crippen LogP contribution in [0.3, 0.4) is 0 Å². The van der Waals surface area contributed by atoms with E-state index in [0.29, 0.717) is 37.6 Å². The lowest BCUT2D eigenvalue weighted by Gasteiger charge is -2.18. The number of benzene rings is 2. The van der Waals surface area contributed by atoms with Gasteiger partial charge in [-0.15, -0.1) is 0 Å². The van der Waals surface area contributed by atoms with Gasteiger partial charge in [0, 0.05) is 43.9 Å². The maximum Gasteiger partial charge on any atom is 0.227 e. The van der Waals surface area contributed by atoms with Crippen LogP contribution in [0.5, 0.6) is 11.5 Å². The molecular formula is C23H27FN2O4. The summed E-state index contributed by atoms with van der Waals surface area (Å²) in [6, 6.07) is 13.4. The zero-order chi connectivity index (χ0) is 21.1. The summed E-state index contributed by atoms with van der Waals surface area (Å²) >= 11 is 0. The van der Waals surface area contributed by atoms with Crippen LogP contribution >= 0.6 is 0 Å². The van der Waals surface area contributed by atoms with Crippen LogP contribution in [0.25, 0.3) is 0 Å². The molecule has 2 atom stereocenters. The lowest BCUT2D eigenvalue weighted by Crippen LogP contribution is -2.23. The van der Waals surface area contributed by atoms with Crippen LogP contribution in [-0.4, -0.2) is 54.9 Å². The molecule has 0 spiro atoms. The van der Waals surface area contributed by atoms with E-state index >= 15 is 0 Å². The number of aliphatic hydroxyl groups excluding tert-OH is 1. The fourth-order valence-electron chi connectivity index (χ4n) is 4.02. The number of halogens is 1. The molecule has 2 heterocycles. The van der Waals surface area contributed by atoms with Crippen LogP contribution in [-0.2, 0) is 17.9 Å². The molecule has 2 saturated heterocycles. The normalized spacial score (nSPS) is 22.0. The molecule has 0 radical (unpaired) electrons. The van der Waals surface area contributed by atoms with E-state index in [9.17, 15) is 14.3 Å². The molecule has 6 nitrogen and oxygen atoms in total. The summed E-state index contributed by atoms with van der Waals surface area (Å²) in [5.74, 6) is 1.58. The van der Waals surface area contributed by atoms with Crippen LogP contribution in [0, 0.1) is 0 Å². The molecule has 4 rings (SSSR count). The van der Waals surface area contributed by atoms with Crippen molar-refractivity contribution in [1.29, 1.82) is 0 Å². The van der Waals surface area contributed by atoms with Crippen LogP contribution in [0.2, 0.25) is 0 Å². The van der Waals surface area contributed by atoms with Crippen LogP contribution in [0.15, 0.2) is 42.5 Å². The summed E-state index contributed by atoms with van der Waals surface area (Å²) in [5.41, 5.74) is 2.82. The fourth-order valence-corrected chi connectivity index (χ4v) is 4.02. The second kappa shape index (κ2) is 9.02. The quantitative estimate of drug-likeness (QED) is 0.755. The summed E-state index contributed by atoms with van der Waals surface area (Å²) in [4.78, 5) is 15.6. The van der Waals surface area contributed by atoms with Crippen LogP contribution in [0.1, 0.15) is 24.0 Å². The van der Waals surface area contributed by atoms with Gasteiger partial charge in [-0.3, -0.25) is 9.69 Å². The van der Waals surface area contributed by atoms with Gasteiger partial charge >= 0.3 is 0 Å². The van der Waals surface area contributed by atoms with Crippen LogP contribution in [0.4, 0.5) is 10.1 Å². The van der Waals surface area contributed by atoms with E-state index < -0.39 is 12.3 Å². The van der Waals surface area contributed by atoms with Crippen molar-refractivity contribution in [3.05, 3.63) is 53.6 Å². The summed E-state index contributed by atoms with van der Waals surface area (Å²) in [6.45, 7) is 2.18. The first-order valence-electron chi connectivity index (χ1n) is 10.3. The average molecular weight is 414 g/mol. The maximum absolute atomic E-state index is 13.6. The van der Waals surface area contributed by atoms with Gasteiger partial charge in [-0.2, -0.15) is 0 Å². The molecule has 2 fully saturated rings. The minimum absolute atomic E-state index is 0.175. The second-order valence-corrected chi connectivity index (χ2v) is 7.86. The van der Waals surface area contributed by atoms with Gasteiger partial charge in [0.2, 0.25) is 5.91 Å². The molecule has 7 heteroatoms. The molecule has 0 saturated carbocycles. The zero-order valence-corrected chi connectivity index (χ0v) is 17.1. The van der Waals surface area contributed by atoms with E-state index in [1.807, 2.05) is 52.3 Å². The number of likely N-dealkylation sites (tertiary alicyclic amines) is 1. The van der Waals surface area contributed by atoms with Crippen molar-refractivity contribution in [3.8, 4) is 11.5 Å². The van der Waals surface area contributed by atoms with E-state index in [1.165, 1.54) is 0 Å². The van der Waals surface area contributed by atoms with Gasteiger partial charge in [-0.1, -0.05) is 12.1 Å². The molecule has 1 amide bonds. The number of carbonyl (C=O) groups is 1. The lowest BCUT2D eigenvalue weighted by atomic mass is 10.1. The number of ether oxygens (including phenoxy) is 2. The maximum atomic E-state index is 13.6. The largest absolute Gasteiger partial charge is 0.496 e. The number of aliphatic hydroxyl groups is 1. The molecule has 0 unspecified atom stereocenters. The molecule has 2 aliphatic heterocycles. The number of β-amino-alcohol motifs (C(OH)–C–C–N with tert-alkyl or cyclic N) is 1. The predicted octanol–water partition coefficient (Wildman–Crippen LogP) is 2.92. The van der Waals surface area contributed by atoms with Crippen molar-refractivity contribution in [2.24, 2.45) is 0 Å². The number of hydrogen-bond donors (Lipinski definition) is 1. The molecule has 1 N–H and O–H groups in total. The average Bonchev–Trinajstić information content (AvgIpc) is 3.31. The highest BCUT2D eigenvalue weighted by molar-refractivity contribution is 5.95. The highest BCUT2D eigenvalue weighted by Gasteiger charge is 2.31.